The molecule has 1 N–H and O–H groups in total. The molecule has 1 fully saturated rings. The molecule has 238 valence electrons. The van der Waals surface area contributed by atoms with Gasteiger partial charge in [0.1, 0.15) is 35.3 Å². The van der Waals surface area contributed by atoms with Gasteiger partial charge in [0.2, 0.25) is 0 Å². The van der Waals surface area contributed by atoms with Crippen LogP contribution in [0.5, 0.6) is 5.75 Å². The molecule has 7 nitrogen and oxygen atoms in total. The van der Waals surface area contributed by atoms with Gasteiger partial charge in [0.25, 0.3) is 0 Å². The van der Waals surface area contributed by atoms with E-state index in [2.05, 4.69) is 4.98 Å². The molecule has 0 radical (unpaired) electrons. The third-order valence-electron chi connectivity index (χ3n) is 8.34. The van der Waals surface area contributed by atoms with Crippen LogP contribution < -0.4 is 4.74 Å². The van der Waals surface area contributed by atoms with Crippen molar-refractivity contribution in [3.8, 4) is 5.75 Å². The molecule has 4 aromatic rings. The number of aromatic nitrogens is 2. The van der Waals surface area contributed by atoms with E-state index in [9.17, 15) is 36.2 Å². The number of carboxylic acids is 1. The van der Waals surface area contributed by atoms with Crippen molar-refractivity contribution in [1.82, 2.24) is 14.5 Å². The zero-order valence-corrected chi connectivity index (χ0v) is 24.5. The third kappa shape index (κ3) is 6.08. The van der Waals surface area contributed by atoms with Gasteiger partial charge in [0.05, 0.1) is 40.9 Å². The fraction of sp³-hybridized carbons (Fsp3) is 0.355. The molecule has 0 unspecified atom stereocenters. The number of hydrogen-bond donors (Lipinski definition) is 1. The first-order valence-electron chi connectivity index (χ1n) is 14.1. The minimum absolute atomic E-state index is 0.00996. The summed E-state index contributed by atoms with van der Waals surface area (Å²) in [6, 6.07) is 5.61. The number of nitrogens with zero attached hydrogens (tertiary/aromatic N) is 3. The molecule has 2 atom stereocenters. The molecule has 1 aromatic heterocycles. The maximum absolute atomic E-state index is 15.0. The smallest absolute Gasteiger partial charge is 0.419 e. The molecular weight excluding hydrogens is 628 g/mol. The Kier molecular flexibility index (Phi) is 8.21. The number of carboxylic acid groups (broad SMARTS) is 1. The minimum Gasteiger partial charge on any atom is -0.488 e. The van der Waals surface area contributed by atoms with Crippen molar-refractivity contribution < 1.29 is 45.7 Å². The number of aromatic carboxylic acids is 1. The van der Waals surface area contributed by atoms with Crippen molar-refractivity contribution in [1.29, 1.82) is 0 Å². The third-order valence-corrected chi connectivity index (χ3v) is 8.63. The summed E-state index contributed by atoms with van der Waals surface area (Å²) >= 11 is 5.59. The second-order valence-electron chi connectivity index (χ2n) is 11.1. The number of carbonyl (C=O) groups is 1. The molecule has 2 aliphatic heterocycles. The van der Waals surface area contributed by atoms with Crippen LogP contribution >= 0.6 is 11.6 Å². The Hall–Kier alpha value is -3.81. The SMILES string of the molecule is C[C@H]1c2cc(OCc3cc(F)c(Cl)cc3F)c(C(F)(F)F)cc2CCN1Cc1nc2c(F)cc(C(=O)O)cc2n1C[C@@H]1CCO1. The molecule has 0 amide bonds. The summed E-state index contributed by atoms with van der Waals surface area (Å²) in [6.45, 7) is 2.56. The second-order valence-corrected chi connectivity index (χ2v) is 11.5. The first-order valence-corrected chi connectivity index (χ1v) is 14.5. The Bertz CT molecular complexity index is 1810. The van der Waals surface area contributed by atoms with Crippen molar-refractivity contribution in [3.05, 3.63) is 92.5 Å². The number of alkyl halides is 3. The highest BCUT2D eigenvalue weighted by Crippen LogP contribution is 2.42. The number of fused-ring (bicyclic) bond motifs is 2. The van der Waals surface area contributed by atoms with E-state index in [1.165, 1.54) is 12.1 Å². The van der Waals surface area contributed by atoms with Crippen molar-refractivity contribution >= 4 is 28.6 Å². The summed E-state index contributed by atoms with van der Waals surface area (Å²) in [7, 11) is 0. The van der Waals surface area contributed by atoms with Crippen LogP contribution in [0.15, 0.2) is 36.4 Å². The lowest BCUT2D eigenvalue weighted by Crippen LogP contribution is -2.36. The average molecular weight is 654 g/mol. The fourth-order valence-electron chi connectivity index (χ4n) is 5.78. The van der Waals surface area contributed by atoms with Gasteiger partial charge in [-0.05, 0) is 67.3 Å². The van der Waals surface area contributed by atoms with Gasteiger partial charge in [-0.25, -0.2) is 22.9 Å². The fourth-order valence-corrected chi connectivity index (χ4v) is 5.93. The zero-order chi connectivity index (χ0) is 32.2. The Balaban J connectivity index is 1.32. The molecular formula is C31H26ClF6N3O4. The normalized spacial score (nSPS) is 18.6. The van der Waals surface area contributed by atoms with E-state index in [4.69, 9.17) is 21.1 Å². The number of benzene rings is 3. The quantitative estimate of drug-likeness (QED) is 0.159. The Morgan fingerprint density at radius 3 is 2.53 bits per heavy atom. The maximum Gasteiger partial charge on any atom is 0.419 e. The molecule has 3 heterocycles. The van der Waals surface area contributed by atoms with Gasteiger partial charge in [0, 0.05) is 24.8 Å². The predicted molar refractivity (Wildman–Crippen MR) is 151 cm³/mol. The maximum atomic E-state index is 15.0. The lowest BCUT2D eigenvalue weighted by Gasteiger charge is -2.36. The zero-order valence-electron chi connectivity index (χ0n) is 23.7. The first kappa shape index (κ1) is 31.2. The van der Waals surface area contributed by atoms with Gasteiger partial charge >= 0.3 is 12.1 Å². The largest absolute Gasteiger partial charge is 0.488 e. The van der Waals surface area contributed by atoms with E-state index in [-0.39, 0.29) is 35.7 Å². The van der Waals surface area contributed by atoms with Crippen molar-refractivity contribution in [3.63, 3.8) is 0 Å². The average Bonchev–Trinajstić information content (AvgIpc) is 3.30. The molecule has 0 spiro atoms. The number of rotatable bonds is 8. The predicted octanol–water partition coefficient (Wildman–Crippen LogP) is 7.31. The van der Waals surface area contributed by atoms with Crippen molar-refractivity contribution in [2.45, 2.75) is 57.8 Å². The van der Waals surface area contributed by atoms with E-state index in [0.29, 0.717) is 42.2 Å². The van der Waals surface area contributed by atoms with Gasteiger partial charge in [-0.3, -0.25) is 4.90 Å². The summed E-state index contributed by atoms with van der Waals surface area (Å²) < 4.78 is 98.2. The van der Waals surface area contributed by atoms with Crippen LogP contribution in [0.25, 0.3) is 11.0 Å². The highest BCUT2D eigenvalue weighted by molar-refractivity contribution is 6.30. The second kappa shape index (κ2) is 11.8. The molecule has 14 heteroatoms. The van der Waals surface area contributed by atoms with Crippen LogP contribution in [-0.2, 0) is 37.0 Å². The van der Waals surface area contributed by atoms with E-state index in [0.717, 1.165) is 30.7 Å². The van der Waals surface area contributed by atoms with Gasteiger partial charge in [-0.15, -0.1) is 0 Å². The van der Waals surface area contributed by atoms with Crippen LogP contribution in [0.2, 0.25) is 5.02 Å². The Morgan fingerprint density at radius 2 is 1.87 bits per heavy atom. The molecule has 0 saturated carbocycles. The highest BCUT2D eigenvalue weighted by atomic mass is 35.5. The lowest BCUT2D eigenvalue weighted by molar-refractivity contribution is -0.139. The van der Waals surface area contributed by atoms with Crippen LogP contribution in [0.4, 0.5) is 26.3 Å². The van der Waals surface area contributed by atoms with Gasteiger partial charge < -0.3 is 19.1 Å². The van der Waals surface area contributed by atoms with Gasteiger partial charge in [0.15, 0.2) is 5.82 Å². The summed E-state index contributed by atoms with van der Waals surface area (Å²) in [5, 5.41) is 9.01. The summed E-state index contributed by atoms with van der Waals surface area (Å²) in [5.74, 6) is -4.02. The van der Waals surface area contributed by atoms with E-state index in [1.807, 2.05) is 4.90 Å². The monoisotopic (exact) mass is 653 g/mol. The van der Waals surface area contributed by atoms with Crippen LogP contribution in [0.3, 0.4) is 0 Å². The molecule has 45 heavy (non-hydrogen) atoms. The molecule has 6 rings (SSSR count). The number of imidazole rings is 1. The standard InChI is InChI=1S/C31H26ClF6N3O4/c1-15-20-10-27(45-14-18-8-24(34)22(32)11-23(18)33)21(31(36,37)38)6-16(20)2-4-40(15)13-28-39-29-25(35)7-17(30(42)43)9-26(29)41(28)12-19-3-5-44-19/h6-11,15,19H,2-5,12-14H2,1H3,(H,42,43)/t15-,19-/m0/s1. The molecule has 0 aliphatic carbocycles. The van der Waals surface area contributed by atoms with Crippen molar-refractivity contribution in [2.24, 2.45) is 0 Å². The number of ether oxygens (including phenoxy) is 2. The molecule has 1 saturated heterocycles. The number of halogens is 7. The first-order chi connectivity index (χ1) is 21.3. The summed E-state index contributed by atoms with van der Waals surface area (Å²) in [6.07, 6.45) is -3.91. The van der Waals surface area contributed by atoms with E-state index < -0.39 is 58.6 Å². The van der Waals surface area contributed by atoms with Crippen molar-refractivity contribution in [2.75, 3.05) is 13.2 Å². The van der Waals surface area contributed by atoms with Crippen LogP contribution in [-0.4, -0.2) is 44.8 Å². The molecule has 3 aromatic carbocycles. The molecule has 2 aliphatic rings. The van der Waals surface area contributed by atoms with Gasteiger partial charge in [-0.1, -0.05) is 11.6 Å². The highest BCUT2D eigenvalue weighted by Gasteiger charge is 2.37. The number of hydrogen-bond acceptors (Lipinski definition) is 5. The summed E-state index contributed by atoms with van der Waals surface area (Å²) in [4.78, 5) is 18.1. The summed E-state index contributed by atoms with van der Waals surface area (Å²) in [5.41, 5.74) is -0.257. The van der Waals surface area contributed by atoms with E-state index >= 15 is 0 Å². The Labute approximate surface area is 257 Å². The Morgan fingerprint density at radius 1 is 1.11 bits per heavy atom. The van der Waals surface area contributed by atoms with Gasteiger partial charge in [-0.2, -0.15) is 13.2 Å². The van der Waals surface area contributed by atoms with Crippen LogP contribution in [0.1, 0.15) is 57.8 Å². The minimum atomic E-state index is -4.78. The van der Waals surface area contributed by atoms with Crippen LogP contribution in [0, 0.1) is 17.5 Å². The van der Waals surface area contributed by atoms with E-state index in [1.54, 1.807) is 11.5 Å². The lowest BCUT2D eigenvalue weighted by atomic mass is 9.91. The topological polar surface area (TPSA) is 76.8 Å². The molecule has 0 bridgehead atoms.